The lowest BCUT2D eigenvalue weighted by molar-refractivity contribution is 0.0465. The summed E-state index contributed by atoms with van der Waals surface area (Å²) in [5.74, 6) is 0. The first-order valence-corrected chi connectivity index (χ1v) is 8.09. The number of rotatable bonds is 6. The van der Waals surface area contributed by atoms with E-state index in [2.05, 4.69) is 27.1 Å². The molecule has 2 N–H and O–H groups in total. The Hall–Kier alpha value is -1.56. The SMILES string of the molecule is CCCn1cncc1CNC1CC(NC(=O)OC(C)(C)C)C1. The summed E-state index contributed by atoms with van der Waals surface area (Å²) in [5.41, 5.74) is 0.772. The van der Waals surface area contributed by atoms with E-state index in [-0.39, 0.29) is 12.1 Å². The topological polar surface area (TPSA) is 68.2 Å². The highest BCUT2D eigenvalue weighted by molar-refractivity contribution is 5.68. The number of ether oxygens (including phenoxy) is 1. The van der Waals surface area contributed by atoms with Crippen LogP contribution in [0.4, 0.5) is 4.79 Å². The van der Waals surface area contributed by atoms with Crippen LogP contribution in [0, 0.1) is 0 Å². The minimum atomic E-state index is -0.441. The van der Waals surface area contributed by atoms with Gasteiger partial charge in [0.2, 0.25) is 0 Å². The van der Waals surface area contributed by atoms with Gasteiger partial charge in [0.1, 0.15) is 5.60 Å². The third-order valence-corrected chi connectivity index (χ3v) is 3.69. The van der Waals surface area contributed by atoms with Crippen LogP contribution in [0.25, 0.3) is 0 Å². The number of nitrogens with one attached hydrogen (secondary N) is 2. The normalized spacial score (nSPS) is 21.3. The molecule has 0 saturated heterocycles. The molecule has 1 saturated carbocycles. The van der Waals surface area contributed by atoms with Crippen molar-refractivity contribution in [3.8, 4) is 0 Å². The second kappa shape index (κ2) is 7.13. The lowest BCUT2D eigenvalue weighted by atomic mass is 9.87. The van der Waals surface area contributed by atoms with E-state index in [9.17, 15) is 4.79 Å². The summed E-state index contributed by atoms with van der Waals surface area (Å²) >= 11 is 0. The number of hydrogen-bond donors (Lipinski definition) is 2. The molecule has 1 aliphatic rings. The molecular weight excluding hydrogens is 280 g/mol. The summed E-state index contributed by atoms with van der Waals surface area (Å²) in [7, 11) is 0. The van der Waals surface area contributed by atoms with E-state index in [0.717, 1.165) is 32.4 Å². The van der Waals surface area contributed by atoms with E-state index in [1.54, 1.807) is 0 Å². The van der Waals surface area contributed by atoms with Gasteiger partial charge in [-0.3, -0.25) is 0 Å². The van der Waals surface area contributed by atoms with Crippen molar-refractivity contribution in [1.82, 2.24) is 20.2 Å². The van der Waals surface area contributed by atoms with Gasteiger partial charge in [0.15, 0.2) is 0 Å². The number of carbonyl (C=O) groups is 1. The predicted molar refractivity (Wildman–Crippen MR) is 85.5 cm³/mol. The number of aromatic nitrogens is 2. The zero-order valence-electron chi connectivity index (χ0n) is 14.1. The highest BCUT2D eigenvalue weighted by atomic mass is 16.6. The van der Waals surface area contributed by atoms with Gasteiger partial charge in [-0.2, -0.15) is 0 Å². The molecule has 124 valence electrons. The van der Waals surface area contributed by atoms with Crippen molar-refractivity contribution in [2.75, 3.05) is 0 Å². The zero-order chi connectivity index (χ0) is 16.2. The van der Waals surface area contributed by atoms with Crippen LogP contribution < -0.4 is 10.6 Å². The van der Waals surface area contributed by atoms with Crippen LogP contribution in [-0.2, 0) is 17.8 Å². The fraction of sp³-hybridized carbons (Fsp3) is 0.750. The largest absolute Gasteiger partial charge is 0.444 e. The van der Waals surface area contributed by atoms with Crippen molar-refractivity contribution in [3.05, 3.63) is 18.2 Å². The number of carbonyl (C=O) groups excluding carboxylic acids is 1. The molecule has 0 atom stereocenters. The van der Waals surface area contributed by atoms with Gasteiger partial charge in [0.25, 0.3) is 0 Å². The van der Waals surface area contributed by atoms with Crippen molar-refractivity contribution in [2.24, 2.45) is 0 Å². The fourth-order valence-corrected chi connectivity index (χ4v) is 2.56. The molecule has 1 amide bonds. The van der Waals surface area contributed by atoms with Crippen molar-refractivity contribution in [3.63, 3.8) is 0 Å². The third-order valence-electron chi connectivity index (χ3n) is 3.69. The minimum absolute atomic E-state index is 0.216. The number of amides is 1. The van der Waals surface area contributed by atoms with Crippen molar-refractivity contribution < 1.29 is 9.53 Å². The molecule has 2 rings (SSSR count). The van der Waals surface area contributed by atoms with Crippen LogP contribution in [0.3, 0.4) is 0 Å². The number of nitrogens with zero attached hydrogens (tertiary/aromatic N) is 2. The molecule has 1 aromatic rings. The molecule has 0 spiro atoms. The number of alkyl carbamates (subject to hydrolysis) is 1. The number of imidazole rings is 1. The maximum Gasteiger partial charge on any atom is 0.407 e. The molecular formula is C16H28N4O2. The monoisotopic (exact) mass is 308 g/mol. The molecule has 1 aromatic heterocycles. The highest BCUT2D eigenvalue weighted by Crippen LogP contribution is 2.21. The lowest BCUT2D eigenvalue weighted by Crippen LogP contribution is -2.53. The van der Waals surface area contributed by atoms with E-state index in [1.807, 2.05) is 33.3 Å². The maximum absolute atomic E-state index is 11.7. The molecule has 0 unspecified atom stereocenters. The fourth-order valence-electron chi connectivity index (χ4n) is 2.56. The van der Waals surface area contributed by atoms with Crippen molar-refractivity contribution in [1.29, 1.82) is 0 Å². The van der Waals surface area contributed by atoms with Crippen LogP contribution in [0.15, 0.2) is 12.5 Å². The molecule has 0 radical (unpaired) electrons. The van der Waals surface area contributed by atoms with Gasteiger partial charge < -0.3 is 19.9 Å². The van der Waals surface area contributed by atoms with Gasteiger partial charge in [-0.25, -0.2) is 9.78 Å². The smallest absolute Gasteiger partial charge is 0.407 e. The van der Waals surface area contributed by atoms with Crippen LogP contribution in [0.5, 0.6) is 0 Å². The molecule has 0 aromatic carbocycles. The first-order valence-electron chi connectivity index (χ1n) is 8.09. The van der Waals surface area contributed by atoms with E-state index < -0.39 is 5.60 Å². The first-order chi connectivity index (χ1) is 10.4. The Morgan fingerprint density at radius 1 is 1.41 bits per heavy atom. The molecule has 1 fully saturated rings. The van der Waals surface area contributed by atoms with E-state index in [4.69, 9.17) is 4.74 Å². The zero-order valence-corrected chi connectivity index (χ0v) is 14.1. The quantitative estimate of drug-likeness (QED) is 0.847. The van der Waals surface area contributed by atoms with Crippen LogP contribution in [-0.4, -0.2) is 33.3 Å². The average Bonchev–Trinajstić information content (AvgIpc) is 2.77. The van der Waals surface area contributed by atoms with Gasteiger partial charge in [0, 0.05) is 31.4 Å². The van der Waals surface area contributed by atoms with Gasteiger partial charge in [-0.1, -0.05) is 6.92 Å². The predicted octanol–water partition coefficient (Wildman–Crippen LogP) is 2.44. The molecule has 1 heterocycles. The Morgan fingerprint density at radius 3 is 2.77 bits per heavy atom. The van der Waals surface area contributed by atoms with E-state index in [1.165, 1.54) is 5.69 Å². The summed E-state index contributed by atoms with van der Waals surface area (Å²) < 4.78 is 7.44. The molecule has 0 aliphatic heterocycles. The lowest BCUT2D eigenvalue weighted by Gasteiger charge is -2.36. The van der Waals surface area contributed by atoms with Gasteiger partial charge in [-0.15, -0.1) is 0 Å². The Morgan fingerprint density at radius 2 is 2.14 bits per heavy atom. The van der Waals surface area contributed by atoms with Crippen LogP contribution in [0.2, 0.25) is 0 Å². The molecule has 0 bridgehead atoms. The maximum atomic E-state index is 11.7. The molecule has 6 nitrogen and oxygen atoms in total. The Labute approximate surface area is 132 Å². The summed E-state index contributed by atoms with van der Waals surface area (Å²) in [6.45, 7) is 9.61. The first kappa shape index (κ1) is 16.8. The van der Waals surface area contributed by atoms with E-state index >= 15 is 0 Å². The standard InChI is InChI=1S/C16H28N4O2/c1-5-6-20-11-17-9-14(20)10-18-12-7-13(8-12)19-15(21)22-16(2,3)4/h9,11-13,18H,5-8,10H2,1-4H3,(H,19,21). The van der Waals surface area contributed by atoms with Gasteiger partial charge in [-0.05, 0) is 40.0 Å². The average molecular weight is 308 g/mol. The molecule has 6 heteroatoms. The van der Waals surface area contributed by atoms with Crippen LogP contribution >= 0.6 is 0 Å². The summed E-state index contributed by atoms with van der Waals surface area (Å²) in [6, 6.07) is 0.665. The van der Waals surface area contributed by atoms with Crippen molar-refractivity contribution >= 4 is 6.09 Å². The Kier molecular flexibility index (Phi) is 5.45. The second-order valence-corrected chi connectivity index (χ2v) is 6.97. The minimum Gasteiger partial charge on any atom is -0.444 e. The van der Waals surface area contributed by atoms with Gasteiger partial charge >= 0.3 is 6.09 Å². The summed E-state index contributed by atoms with van der Waals surface area (Å²) in [5, 5.41) is 6.43. The Balaban J connectivity index is 1.65. The van der Waals surface area contributed by atoms with E-state index in [0.29, 0.717) is 6.04 Å². The molecule has 1 aliphatic carbocycles. The van der Waals surface area contributed by atoms with Gasteiger partial charge in [0.05, 0.1) is 12.0 Å². The highest BCUT2D eigenvalue weighted by Gasteiger charge is 2.31. The summed E-state index contributed by atoms with van der Waals surface area (Å²) in [6.07, 6.45) is 6.47. The second-order valence-electron chi connectivity index (χ2n) is 6.97. The summed E-state index contributed by atoms with van der Waals surface area (Å²) in [4.78, 5) is 15.9. The van der Waals surface area contributed by atoms with Crippen LogP contribution in [0.1, 0.15) is 52.7 Å². The third kappa shape index (κ3) is 5.02. The number of hydrogen-bond acceptors (Lipinski definition) is 4. The number of aryl methyl sites for hydroxylation is 1. The molecule has 22 heavy (non-hydrogen) atoms. The Bertz CT molecular complexity index is 487. The van der Waals surface area contributed by atoms with Crippen molar-refractivity contribution in [2.45, 2.75) is 77.7 Å².